The molecular weight excluding hydrogens is 454 g/mol. The highest BCUT2D eigenvalue weighted by Crippen LogP contribution is 2.29. The van der Waals surface area contributed by atoms with Gasteiger partial charge in [-0.05, 0) is 60.4 Å². The van der Waals surface area contributed by atoms with Crippen LogP contribution in [0.3, 0.4) is 0 Å². The SMILES string of the molecule is CC(=N)C1[C@@H](Oc2ccc([C@H](Cc3ccc4ccc(C(=N)N)cc4c3)C(=O)O)cc2)CCN1C(C)=N. The largest absolute Gasteiger partial charge is 0.488 e. The van der Waals surface area contributed by atoms with Crippen LogP contribution in [0.1, 0.15) is 42.9 Å². The maximum Gasteiger partial charge on any atom is 0.311 e. The molecule has 1 saturated heterocycles. The summed E-state index contributed by atoms with van der Waals surface area (Å²) in [5.41, 5.74) is 8.26. The van der Waals surface area contributed by atoms with Gasteiger partial charge in [-0.1, -0.05) is 42.5 Å². The van der Waals surface area contributed by atoms with E-state index in [-0.39, 0.29) is 18.0 Å². The molecule has 0 aromatic heterocycles. The summed E-state index contributed by atoms with van der Waals surface area (Å²) in [5.74, 6) is -0.608. The van der Waals surface area contributed by atoms with E-state index in [0.717, 1.165) is 16.3 Å². The van der Waals surface area contributed by atoms with Crippen LogP contribution >= 0.6 is 0 Å². The van der Waals surface area contributed by atoms with E-state index in [1.165, 1.54) is 0 Å². The van der Waals surface area contributed by atoms with Gasteiger partial charge in [0.05, 0.1) is 11.8 Å². The fraction of sp³-hybridized carbons (Fsp3) is 0.286. The summed E-state index contributed by atoms with van der Waals surface area (Å²) in [7, 11) is 0. The minimum Gasteiger partial charge on any atom is -0.488 e. The van der Waals surface area contributed by atoms with Crippen LogP contribution in [0.4, 0.5) is 0 Å². The molecule has 1 fully saturated rings. The number of ether oxygens (including phenoxy) is 1. The van der Waals surface area contributed by atoms with Crippen molar-refractivity contribution in [3.05, 3.63) is 77.4 Å². The van der Waals surface area contributed by atoms with Gasteiger partial charge in [-0.2, -0.15) is 0 Å². The smallest absolute Gasteiger partial charge is 0.311 e. The van der Waals surface area contributed by atoms with E-state index in [9.17, 15) is 9.90 Å². The number of benzene rings is 3. The Balaban J connectivity index is 1.51. The molecule has 0 saturated carbocycles. The molecule has 6 N–H and O–H groups in total. The van der Waals surface area contributed by atoms with Gasteiger partial charge in [0, 0.05) is 24.2 Å². The van der Waals surface area contributed by atoms with E-state index in [0.29, 0.717) is 47.8 Å². The highest BCUT2D eigenvalue weighted by atomic mass is 16.5. The van der Waals surface area contributed by atoms with Crippen molar-refractivity contribution < 1.29 is 14.6 Å². The molecule has 1 heterocycles. The Morgan fingerprint density at radius 3 is 2.36 bits per heavy atom. The molecule has 3 atom stereocenters. The van der Waals surface area contributed by atoms with Crippen LogP contribution in [-0.2, 0) is 11.2 Å². The van der Waals surface area contributed by atoms with Crippen LogP contribution in [-0.4, -0.2) is 52.0 Å². The molecule has 0 bridgehead atoms. The third-order valence-electron chi connectivity index (χ3n) is 6.74. The standard InChI is InChI=1S/C28H31N5O3/c1-16(29)26-25(11-12-33(26)17(2)30)36-23-9-7-20(8-10-23)24(28(34)35)14-18-3-4-19-5-6-21(27(31)32)15-22(19)13-18/h3-10,13,15,24-26,29-30H,11-12,14H2,1-2H3,(H3,31,32)(H,34,35)/t24-,25-,26?/m0/s1. The van der Waals surface area contributed by atoms with Crippen molar-refractivity contribution in [2.75, 3.05) is 6.54 Å². The third-order valence-corrected chi connectivity index (χ3v) is 6.74. The number of hydrogen-bond donors (Lipinski definition) is 5. The lowest BCUT2D eigenvalue weighted by molar-refractivity contribution is -0.138. The van der Waals surface area contributed by atoms with Gasteiger partial charge in [-0.3, -0.25) is 15.6 Å². The average molecular weight is 486 g/mol. The minimum atomic E-state index is -0.909. The predicted octanol–water partition coefficient (Wildman–Crippen LogP) is 4.39. The van der Waals surface area contributed by atoms with E-state index in [2.05, 4.69) is 0 Å². The molecule has 3 aromatic rings. The zero-order valence-corrected chi connectivity index (χ0v) is 20.4. The number of aliphatic carboxylic acids is 1. The van der Waals surface area contributed by atoms with Crippen molar-refractivity contribution in [3.8, 4) is 5.75 Å². The lowest BCUT2D eigenvalue weighted by Crippen LogP contribution is -2.44. The number of nitrogens with zero attached hydrogens (tertiary/aromatic N) is 1. The van der Waals surface area contributed by atoms with Crippen LogP contribution in [0.2, 0.25) is 0 Å². The lowest BCUT2D eigenvalue weighted by atomic mass is 9.91. The van der Waals surface area contributed by atoms with Gasteiger partial charge in [0.15, 0.2) is 0 Å². The highest BCUT2D eigenvalue weighted by Gasteiger charge is 2.37. The zero-order chi connectivity index (χ0) is 26.0. The van der Waals surface area contributed by atoms with E-state index < -0.39 is 11.9 Å². The topological polar surface area (TPSA) is 147 Å². The molecule has 8 nitrogen and oxygen atoms in total. The summed E-state index contributed by atoms with van der Waals surface area (Å²) in [6.07, 6.45) is 0.798. The summed E-state index contributed by atoms with van der Waals surface area (Å²) in [6.45, 7) is 4.12. The number of nitrogens with two attached hydrogens (primary N) is 1. The quantitative estimate of drug-likeness (QED) is 0.237. The van der Waals surface area contributed by atoms with Crippen molar-refractivity contribution >= 4 is 34.1 Å². The van der Waals surface area contributed by atoms with Crippen LogP contribution in [0.5, 0.6) is 5.75 Å². The number of amidine groups is 2. The number of hydrogen-bond acceptors (Lipinski definition) is 5. The summed E-state index contributed by atoms with van der Waals surface area (Å²) >= 11 is 0. The molecule has 1 aliphatic rings. The first-order valence-electron chi connectivity index (χ1n) is 11.9. The Morgan fingerprint density at radius 1 is 1.06 bits per heavy atom. The maximum atomic E-state index is 12.2. The first-order chi connectivity index (χ1) is 17.1. The van der Waals surface area contributed by atoms with E-state index in [4.69, 9.17) is 26.7 Å². The van der Waals surface area contributed by atoms with Gasteiger partial charge in [-0.15, -0.1) is 0 Å². The average Bonchev–Trinajstić information content (AvgIpc) is 3.26. The van der Waals surface area contributed by atoms with E-state index in [1.807, 2.05) is 35.2 Å². The summed E-state index contributed by atoms with van der Waals surface area (Å²) in [6, 6.07) is 18.2. The number of nitrogens with one attached hydrogen (secondary N) is 3. The molecular formula is C28H31N5O3. The first-order valence-corrected chi connectivity index (χ1v) is 11.9. The molecule has 4 rings (SSSR count). The molecule has 1 aliphatic heterocycles. The maximum absolute atomic E-state index is 12.2. The highest BCUT2D eigenvalue weighted by molar-refractivity contribution is 5.99. The van der Waals surface area contributed by atoms with E-state index in [1.54, 1.807) is 44.2 Å². The second kappa shape index (κ2) is 10.2. The van der Waals surface area contributed by atoms with Crippen molar-refractivity contribution in [3.63, 3.8) is 0 Å². The molecule has 0 radical (unpaired) electrons. The molecule has 0 amide bonds. The van der Waals surface area contributed by atoms with Gasteiger partial charge in [0.2, 0.25) is 0 Å². The first kappa shape index (κ1) is 24.9. The summed E-state index contributed by atoms with van der Waals surface area (Å²) < 4.78 is 6.17. The Bertz CT molecular complexity index is 1330. The molecule has 186 valence electrons. The normalized spacial score (nSPS) is 18.1. The Labute approximate surface area is 210 Å². The van der Waals surface area contributed by atoms with Crippen LogP contribution < -0.4 is 10.5 Å². The van der Waals surface area contributed by atoms with Gasteiger partial charge in [0.1, 0.15) is 23.7 Å². The van der Waals surface area contributed by atoms with Gasteiger partial charge in [0.25, 0.3) is 0 Å². The lowest BCUT2D eigenvalue weighted by Gasteiger charge is -2.28. The van der Waals surface area contributed by atoms with Crippen LogP contribution in [0.25, 0.3) is 10.8 Å². The fourth-order valence-electron chi connectivity index (χ4n) is 4.90. The number of carboxylic acids is 1. The van der Waals surface area contributed by atoms with Crippen LogP contribution in [0.15, 0.2) is 60.7 Å². The third kappa shape index (κ3) is 5.22. The zero-order valence-electron chi connectivity index (χ0n) is 20.4. The molecule has 0 aliphatic carbocycles. The Hall–Kier alpha value is -4.20. The minimum absolute atomic E-state index is 0.00612. The van der Waals surface area contributed by atoms with Gasteiger partial charge < -0.3 is 25.9 Å². The predicted molar refractivity (Wildman–Crippen MR) is 142 cm³/mol. The number of rotatable bonds is 8. The van der Waals surface area contributed by atoms with Gasteiger partial charge >= 0.3 is 5.97 Å². The van der Waals surface area contributed by atoms with Crippen molar-refractivity contribution in [2.45, 2.75) is 44.8 Å². The summed E-state index contributed by atoms with van der Waals surface area (Å²) in [5, 5.41) is 35.7. The Morgan fingerprint density at radius 2 is 1.75 bits per heavy atom. The van der Waals surface area contributed by atoms with E-state index >= 15 is 0 Å². The molecule has 8 heteroatoms. The van der Waals surface area contributed by atoms with Crippen molar-refractivity contribution in [1.29, 1.82) is 16.2 Å². The second-order valence-corrected chi connectivity index (χ2v) is 9.33. The fourth-order valence-corrected chi connectivity index (χ4v) is 4.90. The number of carboxylic acid groups (broad SMARTS) is 1. The molecule has 1 unspecified atom stereocenters. The molecule has 0 spiro atoms. The van der Waals surface area contributed by atoms with Crippen molar-refractivity contribution in [2.24, 2.45) is 5.73 Å². The second-order valence-electron chi connectivity index (χ2n) is 9.33. The molecule has 3 aromatic carbocycles. The molecule has 36 heavy (non-hydrogen) atoms. The summed E-state index contributed by atoms with van der Waals surface area (Å²) in [4.78, 5) is 14.0. The van der Waals surface area contributed by atoms with Gasteiger partial charge in [-0.25, -0.2) is 0 Å². The number of nitrogen functional groups attached to an aromatic ring is 1. The number of carbonyl (C=O) groups is 1. The van der Waals surface area contributed by atoms with Crippen LogP contribution in [0, 0.1) is 16.2 Å². The number of likely N-dealkylation sites (tertiary alicyclic amines) is 1. The number of fused-ring (bicyclic) bond motifs is 1. The Kier molecular flexibility index (Phi) is 7.05. The van der Waals surface area contributed by atoms with Crippen molar-refractivity contribution in [1.82, 2.24) is 4.90 Å². The monoisotopic (exact) mass is 485 g/mol.